The van der Waals surface area contributed by atoms with Crippen molar-refractivity contribution >= 4 is 17.9 Å². The van der Waals surface area contributed by atoms with Gasteiger partial charge in [0.1, 0.15) is 6.04 Å². The van der Waals surface area contributed by atoms with E-state index in [1.54, 1.807) is 6.20 Å². The number of carbonyl (C=O) groups is 3. The average Bonchev–Trinajstić information content (AvgIpc) is 3.57. The third-order valence-corrected chi connectivity index (χ3v) is 8.81. The second kappa shape index (κ2) is 17.9. The number of amides is 3. The number of hydrogen-bond acceptors (Lipinski definition) is 7. The Morgan fingerprint density at radius 3 is 2.42 bits per heavy atom. The number of benzene rings is 1. The number of rotatable bonds is 15. The summed E-state index contributed by atoms with van der Waals surface area (Å²) in [6.07, 6.45) is 8.90. The molecule has 0 spiro atoms. The molecule has 2 fully saturated rings. The highest BCUT2D eigenvalue weighted by molar-refractivity contribution is 5.90. The van der Waals surface area contributed by atoms with Crippen molar-refractivity contribution in [2.24, 2.45) is 11.8 Å². The van der Waals surface area contributed by atoms with Gasteiger partial charge in [-0.3, -0.25) is 9.59 Å². The van der Waals surface area contributed by atoms with Crippen LogP contribution in [0.3, 0.4) is 0 Å². The fourth-order valence-electron chi connectivity index (χ4n) is 6.13. The lowest BCUT2D eigenvalue weighted by Crippen LogP contribution is -2.56. The van der Waals surface area contributed by atoms with Crippen LogP contribution in [0.5, 0.6) is 0 Å². The lowest BCUT2D eigenvalue weighted by atomic mass is 9.83. The van der Waals surface area contributed by atoms with E-state index in [0.29, 0.717) is 56.7 Å². The number of H-pyrrole nitrogens is 1. The van der Waals surface area contributed by atoms with Gasteiger partial charge in [-0.05, 0) is 36.7 Å². The first-order chi connectivity index (χ1) is 21.8. The van der Waals surface area contributed by atoms with E-state index in [4.69, 9.17) is 9.47 Å². The second-order valence-corrected chi connectivity index (χ2v) is 12.9. The summed E-state index contributed by atoms with van der Waals surface area (Å²) in [6, 6.07) is 7.90. The summed E-state index contributed by atoms with van der Waals surface area (Å²) in [5.74, 6) is -0.0971. The number of imidazole rings is 1. The van der Waals surface area contributed by atoms with Gasteiger partial charge in [-0.15, -0.1) is 0 Å². The number of aromatic amines is 1. The number of aliphatic hydroxyl groups excluding tert-OH is 1. The van der Waals surface area contributed by atoms with Crippen LogP contribution in [-0.4, -0.2) is 88.5 Å². The lowest BCUT2D eigenvalue weighted by Gasteiger charge is -2.32. The van der Waals surface area contributed by atoms with Crippen molar-refractivity contribution in [2.45, 2.75) is 102 Å². The van der Waals surface area contributed by atoms with Crippen molar-refractivity contribution in [3.05, 3.63) is 54.1 Å². The highest BCUT2D eigenvalue weighted by atomic mass is 16.6. The molecule has 1 aromatic carbocycles. The Kier molecular flexibility index (Phi) is 13.7. The topological polar surface area (TPSA) is 146 Å². The number of carbonyl (C=O) groups excluding carboxylic acids is 3. The van der Waals surface area contributed by atoms with Gasteiger partial charge >= 0.3 is 6.09 Å². The van der Waals surface area contributed by atoms with Gasteiger partial charge in [0.2, 0.25) is 5.91 Å². The van der Waals surface area contributed by atoms with Crippen molar-refractivity contribution in [1.82, 2.24) is 25.5 Å². The van der Waals surface area contributed by atoms with Crippen LogP contribution in [0.4, 0.5) is 4.79 Å². The van der Waals surface area contributed by atoms with Gasteiger partial charge in [0, 0.05) is 32.1 Å². The number of nitrogens with one attached hydrogen (secondary N) is 3. The van der Waals surface area contributed by atoms with Crippen molar-refractivity contribution in [3.8, 4) is 0 Å². The summed E-state index contributed by atoms with van der Waals surface area (Å²) in [5, 5.41) is 17.2. The zero-order valence-corrected chi connectivity index (χ0v) is 26.8. The molecule has 0 bridgehead atoms. The summed E-state index contributed by atoms with van der Waals surface area (Å²) in [6.45, 7) is 5.81. The molecule has 4 atom stereocenters. The Morgan fingerprint density at radius 1 is 1.02 bits per heavy atom. The van der Waals surface area contributed by atoms with Gasteiger partial charge in [0.25, 0.3) is 5.91 Å². The number of nitrogens with zero attached hydrogens (tertiary/aromatic N) is 2. The minimum absolute atomic E-state index is 0.134. The van der Waals surface area contributed by atoms with Crippen LogP contribution in [0.2, 0.25) is 0 Å². The summed E-state index contributed by atoms with van der Waals surface area (Å²) >= 11 is 0. The van der Waals surface area contributed by atoms with Gasteiger partial charge in [-0.1, -0.05) is 76.3 Å². The molecule has 248 valence electrons. The number of aliphatic hydroxyl groups is 1. The Hall–Kier alpha value is -3.44. The van der Waals surface area contributed by atoms with E-state index in [2.05, 4.69) is 34.4 Å². The van der Waals surface area contributed by atoms with Crippen LogP contribution in [0.1, 0.15) is 76.5 Å². The zero-order valence-electron chi connectivity index (χ0n) is 26.8. The third-order valence-electron chi connectivity index (χ3n) is 8.81. The molecule has 2 heterocycles. The molecule has 4 rings (SSSR count). The normalized spacial score (nSPS) is 18.5. The molecule has 45 heavy (non-hydrogen) atoms. The Morgan fingerprint density at radius 2 is 1.76 bits per heavy atom. The summed E-state index contributed by atoms with van der Waals surface area (Å²) in [4.78, 5) is 49.5. The summed E-state index contributed by atoms with van der Waals surface area (Å²) < 4.78 is 11.1. The predicted octanol–water partition coefficient (Wildman–Crippen LogP) is 3.77. The van der Waals surface area contributed by atoms with Gasteiger partial charge in [-0.2, -0.15) is 0 Å². The Labute approximate surface area is 266 Å². The van der Waals surface area contributed by atoms with Crippen molar-refractivity contribution in [2.75, 3.05) is 26.3 Å². The number of hydrogen-bond donors (Lipinski definition) is 4. The molecule has 11 nitrogen and oxygen atoms in total. The summed E-state index contributed by atoms with van der Waals surface area (Å²) in [7, 11) is 0. The fraction of sp³-hybridized carbons (Fsp3) is 0.647. The molecule has 3 amide bonds. The SMILES string of the molecule is CC(C)CC[C@H](O)[C@H](CC1CCCCC1)NC(=O)[C@H](Cc1c[nH]cn1)NC(=O)[C@H](Cc1ccccc1)OC(=O)N1CCOCC1. The quantitative estimate of drug-likeness (QED) is 0.236. The predicted molar refractivity (Wildman–Crippen MR) is 170 cm³/mol. The van der Waals surface area contributed by atoms with Crippen LogP contribution in [-0.2, 0) is 31.9 Å². The molecule has 1 aromatic heterocycles. The van der Waals surface area contributed by atoms with Crippen LogP contribution < -0.4 is 10.6 Å². The number of aromatic nitrogens is 2. The highest BCUT2D eigenvalue weighted by Gasteiger charge is 2.33. The molecule has 0 unspecified atom stereocenters. The third kappa shape index (κ3) is 11.5. The van der Waals surface area contributed by atoms with Gasteiger partial charge < -0.3 is 35.1 Å². The van der Waals surface area contributed by atoms with Gasteiger partial charge in [0.15, 0.2) is 6.10 Å². The highest BCUT2D eigenvalue weighted by Crippen LogP contribution is 2.29. The molecule has 1 saturated carbocycles. The molecular formula is C34H51N5O6. The lowest BCUT2D eigenvalue weighted by molar-refractivity contribution is -0.135. The largest absolute Gasteiger partial charge is 0.436 e. The monoisotopic (exact) mass is 625 g/mol. The summed E-state index contributed by atoms with van der Waals surface area (Å²) in [5.41, 5.74) is 1.42. The fourth-order valence-corrected chi connectivity index (χ4v) is 6.13. The Balaban J connectivity index is 1.51. The minimum atomic E-state index is -1.16. The standard InChI is InChI=1S/C34H51N5O6/c1-24(2)13-14-30(40)28(19-25-9-5-3-6-10-25)37-32(41)29(21-27-22-35-23-36-27)38-33(42)31(20-26-11-7-4-8-12-26)45-34(43)39-15-17-44-18-16-39/h4,7-8,11-12,22-25,28-31,40H,3,5-6,9-10,13-21H2,1-2H3,(H,35,36)(H,37,41)(H,38,42)/t28-,29-,30-,31-/m0/s1. The van der Waals surface area contributed by atoms with Crippen molar-refractivity contribution < 1.29 is 29.0 Å². The number of ether oxygens (including phenoxy) is 2. The van der Waals surface area contributed by atoms with E-state index >= 15 is 0 Å². The first kappa shape index (κ1) is 34.4. The maximum absolute atomic E-state index is 13.9. The van der Waals surface area contributed by atoms with Crippen LogP contribution in [0.25, 0.3) is 0 Å². The maximum atomic E-state index is 13.9. The number of morpholine rings is 1. The van der Waals surface area contributed by atoms with E-state index in [9.17, 15) is 19.5 Å². The van der Waals surface area contributed by atoms with Crippen LogP contribution in [0, 0.1) is 11.8 Å². The second-order valence-electron chi connectivity index (χ2n) is 12.9. The molecule has 2 aromatic rings. The molecule has 1 aliphatic carbocycles. The van der Waals surface area contributed by atoms with E-state index in [-0.39, 0.29) is 12.8 Å². The average molecular weight is 626 g/mol. The van der Waals surface area contributed by atoms with E-state index < -0.39 is 42.2 Å². The van der Waals surface area contributed by atoms with E-state index in [1.165, 1.54) is 17.6 Å². The molecule has 2 aliphatic rings. The molecule has 1 saturated heterocycles. The van der Waals surface area contributed by atoms with Crippen LogP contribution in [0.15, 0.2) is 42.9 Å². The van der Waals surface area contributed by atoms with Gasteiger partial charge in [-0.25, -0.2) is 9.78 Å². The molecular weight excluding hydrogens is 574 g/mol. The Bertz CT molecular complexity index is 1170. The first-order valence-corrected chi connectivity index (χ1v) is 16.6. The minimum Gasteiger partial charge on any atom is -0.436 e. The maximum Gasteiger partial charge on any atom is 0.410 e. The van der Waals surface area contributed by atoms with E-state index in [0.717, 1.165) is 37.7 Å². The van der Waals surface area contributed by atoms with Gasteiger partial charge in [0.05, 0.1) is 37.4 Å². The molecule has 11 heteroatoms. The first-order valence-electron chi connectivity index (χ1n) is 16.6. The molecule has 0 radical (unpaired) electrons. The van der Waals surface area contributed by atoms with Crippen molar-refractivity contribution in [3.63, 3.8) is 0 Å². The molecule has 4 N–H and O–H groups in total. The smallest absolute Gasteiger partial charge is 0.410 e. The van der Waals surface area contributed by atoms with Crippen molar-refractivity contribution in [1.29, 1.82) is 0 Å². The molecule has 1 aliphatic heterocycles. The zero-order chi connectivity index (χ0) is 32.0. The van der Waals surface area contributed by atoms with E-state index in [1.807, 2.05) is 30.3 Å². The van der Waals surface area contributed by atoms with Crippen LogP contribution >= 0.6 is 0 Å².